The molecule has 4 nitrogen and oxygen atoms in total. The monoisotopic (exact) mass is 407 g/mol. The molecule has 0 aliphatic carbocycles. The SMILES string of the molecule is CCCCCCCCCCCCCCCCCc1nc(C=S)n[nH]1.[K+].[OH-]. The van der Waals surface area contributed by atoms with E-state index in [0.29, 0.717) is 5.82 Å². The fraction of sp³-hybridized carbons (Fsp3) is 0.850. The molecule has 1 aromatic heterocycles. The van der Waals surface area contributed by atoms with Crippen molar-refractivity contribution in [3.8, 4) is 0 Å². The van der Waals surface area contributed by atoms with Gasteiger partial charge in [-0.3, -0.25) is 5.10 Å². The van der Waals surface area contributed by atoms with Gasteiger partial charge in [-0.25, -0.2) is 4.98 Å². The zero-order chi connectivity index (χ0) is 17.3. The van der Waals surface area contributed by atoms with Crippen LogP contribution in [0.15, 0.2) is 0 Å². The van der Waals surface area contributed by atoms with E-state index >= 15 is 0 Å². The number of hydrogen-bond donors (Lipinski definition) is 1. The van der Waals surface area contributed by atoms with Crippen LogP contribution in [0, 0.1) is 0 Å². The first-order valence-corrected chi connectivity index (χ1v) is 10.7. The molecule has 0 atom stereocenters. The average molecular weight is 408 g/mol. The maximum absolute atomic E-state index is 4.81. The van der Waals surface area contributed by atoms with Crippen molar-refractivity contribution in [2.24, 2.45) is 0 Å². The van der Waals surface area contributed by atoms with Gasteiger partial charge in [-0.1, -0.05) is 109 Å². The molecule has 0 aliphatic heterocycles. The van der Waals surface area contributed by atoms with Crippen molar-refractivity contribution in [2.45, 2.75) is 110 Å². The Morgan fingerprint density at radius 3 is 1.58 bits per heavy atom. The molecule has 0 saturated carbocycles. The van der Waals surface area contributed by atoms with Gasteiger partial charge < -0.3 is 5.48 Å². The summed E-state index contributed by atoms with van der Waals surface area (Å²) in [6.45, 7) is 2.29. The Morgan fingerprint density at radius 1 is 0.769 bits per heavy atom. The van der Waals surface area contributed by atoms with E-state index in [1.807, 2.05) is 0 Å². The first kappa shape index (κ1) is 29.0. The summed E-state index contributed by atoms with van der Waals surface area (Å²) < 4.78 is 0. The predicted molar refractivity (Wildman–Crippen MR) is 110 cm³/mol. The van der Waals surface area contributed by atoms with E-state index in [0.717, 1.165) is 12.2 Å². The number of nitrogens with one attached hydrogen (secondary N) is 1. The van der Waals surface area contributed by atoms with E-state index in [9.17, 15) is 0 Å². The Hall–Kier alpha value is 0.826. The van der Waals surface area contributed by atoms with Gasteiger partial charge >= 0.3 is 51.4 Å². The molecular formula is C20H38KN3OS. The number of nitrogens with zero attached hydrogens (tertiary/aromatic N) is 2. The van der Waals surface area contributed by atoms with Crippen LogP contribution in [0.1, 0.15) is 115 Å². The molecule has 0 amide bonds. The van der Waals surface area contributed by atoms with Crippen LogP contribution in [0.3, 0.4) is 0 Å². The minimum absolute atomic E-state index is 0. The second kappa shape index (κ2) is 22.1. The van der Waals surface area contributed by atoms with Crippen molar-refractivity contribution in [3.63, 3.8) is 0 Å². The van der Waals surface area contributed by atoms with Crippen LogP contribution >= 0.6 is 12.2 Å². The third kappa shape index (κ3) is 17.0. The summed E-state index contributed by atoms with van der Waals surface area (Å²) in [4.78, 5) is 4.31. The van der Waals surface area contributed by atoms with Crippen molar-refractivity contribution in [2.75, 3.05) is 0 Å². The molecule has 0 radical (unpaired) electrons. The molecule has 146 valence electrons. The Balaban J connectivity index is 0. The summed E-state index contributed by atoms with van der Waals surface area (Å²) >= 11 is 4.81. The summed E-state index contributed by atoms with van der Waals surface area (Å²) in [5, 5.41) is 8.49. The molecule has 0 unspecified atom stereocenters. The quantitative estimate of drug-likeness (QED) is 0.244. The summed E-state index contributed by atoms with van der Waals surface area (Å²) in [6, 6.07) is 0. The maximum Gasteiger partial charge on any atom is 1.00 e. The molecule has 1 aromatic rings. The van der Waals surface area contributed by atoms with Gasteiger partial charge in [-0.15, -0.1) is 0 Å². The van der Waals surface area contributed by atoms with E-state index in [-0.39, 0.29) is 56.9 Å². The molecule has 0 bridgehead atoms. The van der Waals surface area contributed by atoms with Crippen LogP contribution < -0.4 is 51.4 Å². The average Bonchev–Trinajstić information content (AvgIpc) is 3.06. The van der Waals surface area contributed by atoms with E-state index in [1.54, 1.807) is 0 Å². The first-order chi connectivity index (χ1) is 11.9. The zero-order valence-corrected chi connectivity index (χ0v) is 21.1. The normalized spacial score (nSPS) is 10.2. The number of aryl methyl sites for hydroxylation is 1. The third-order valence-corrected chi connectivity index (χ3v) is 4.88. The fourth-order valence-corrected chi connectivity index (χ4v) is 3.24. The molecule has 1 rings (SSSR count). The number of hydrogen-bond acceptors (Lipinski definition) is 4. The molecule has 26 heavy (non-hydrogen) atoms. The van der Waals surface area contributed by atoms with Crippen molar-refractivity contribution < 1.29 is 56.9 Å². The second-order valence-electron chi connectivity index (χ2n) is 6.96. The number of aromatic amines is 1. The van der Waals surface area contributed by atoms with Gasteiger partial charge in [0.05, 0.1) is 0 Å². The maximum atomic E-state index is 4.81. The third-order valence-electron chi connectivity index (χ3n) is 4.67. The summed E-state index contributed by atoms with van der Waals surface area (Å²) in [6.07, 6.45) is 22.0. The molecule has 0 aromatic carbocycles. The van der Waals surface area contributed by atoms with Crippen LogP contribution in [-0.4, -0.2) is 26.0 Å². The molecule has 1 heterocycles. The van der Waals surface area contributed by atoms with Crippen LogP contribution in [0.5, 0.6) is 0 Å². The number of H-pyrrole nitrogens is 1. The van der Waals surface area contributed by atoms with Crippen molar-refractivity contribution in [3.05, 3.63) is 11.6 Å². The number of unbranched alkanes of at least 4 members (excludes halogenated alkanes) is 14. The molecule has 6 heteroatoms. The Morgan fingerprint density at radius 2 is 1.19 bits per heavy atom. The zero-order valence-electron chi connectivity index (χ0n) is 17.1. The Bertz CT molecular complexity index is 416. The van der Waals surface area contributed by atoms with Crippen LogP contribution in [0.25, 0.3) is 0 Å². The van der Waals surface area contributed by atoms with Crippen molar-refractivity contribution in [1.82, 2.24) is 15.2 Å². The Labute approximate surface area is 208 Å². The largest absolute Gasteiger partial charge is 1.00 e. The van der Waals surface area contributed by atoms with Gasteiger partial charge in [-0.2, -0.15) is 5.10 Å². The van der Waals surface area contributed by atoms with E-state index in [2.05, 4.69) is 22.1 Å². The van der Waals surface area contributed by atoms with E-state index < -0.39 is 0 Å². The van der Waals surface area contributed by atoms with E-state index in [1.165, 1.54) is 102 Å². The molecule has 2 N–H and O–H groups in total. The van der Waals surface area contributed by atoms with Gasteiger partial charge in [0.15, 0.2) is 5.82 Å². The minimum atomic E-state index is 0. The van der Waals surface area contributed by atoms with Gasteiger partial charge in [0, 0.05) is 11.8 Å². The number of rotatable bonds is 17. The molecule has 0 fully saturated rings. The summed E-state index contributed by atoms with van der Waals surface area (Å²) in [7, 11) is 0. The van der Waals surface area contributed by atoms with Gasteiger partial charge in [0.25, 0.3) is 0 Å². The first-order valence-electron chi connectivity index (χ1n) is 10.2. The predicted octanol–water partition coefficient (Wildman–Crippen LogP) is 3.39. The molecular weight excluding hydrogens is 369 g/mol. The van der Waals surface area contributed by atoms with E-state index in [4.69, 9.17) is 12.2 Å². The second-order valence-corrected chi connectivity index (χ2v) is 7.19. The van der Waals surface area contributed by atoms with Gasteiger partial charge in [0.1, 0.15) is 5.82 Å². The van der Waals surface area contributed by atoms with Gasteiger partial charge in [-0.05, 0) is 6.42 Å². The minimum Gasteiger partial charge on any atom is -0.870 e. The Kier molecular flexibility index (Phi) is 24.7. The topological polar surface area (TPSA) is 71.6 Å². The molecule has 0 aliphatic rings. The summed E-state index contributed by atoms with van der Waals surface area (Å²) in [5.74, 6) is 1.61. The van der Waals surface area contributed by atoms with Crippen LogP contribution in [0.2, 0.25) is 0 Å². The summed E-state index contributed by atoms with van der Waals surface area (Å²) in [5.41, 5.74) is 0. The number of thiocarbonyl (C=S) groups is 1. The fourth-order valence-electron chi connectivity index (χ4n) is 3.14. The van der Waals surface area contributed by atoms with Crippen molar-refractivity contribution >= 4 is 17.6 Å². The molecule has 0 spiro atoms. The smallest absolute Gasteiger partial charge is 0.870 e. The van der Waals surface area contributed by atoms with Crippen molar-refractivity contribution in [1.29, 1.82) is 0 Å². The van der Waals surface area contributed by atoms with Crippen LogP contribution in [-0.2, 0) is 6.42 Å². The standard InChI is InChI=1S/C20H37N3S.K.H2O/c1-2-3-4-5-6-7-8-9-10-11-12-13-14-15-16-17-19-21-20(18-24)23-22-19;;/h18H,2-17H2,1H3,(H,21,22,23);;1H2/q;+1;/p-1. The van der Waals surface area contributed by atoms with Gasteiger partial charge in [0.2, 0.25) is 0 Å². The molecule has 0 saturated heterocycles. The number of aromatic nitrogens is 3. The van der Waals surface area contributed by atoms with Crippen LogP contribution in [0.4, 0.5) is 0 Å².